The molecule has 0 radical (unpaired) electrons. The van der Waals surface area contributed by atoms with Crippen LogP contribution in [0.5, 0.6) is 5.75 Å². The highest BCUT2D eigenvalue weighted by atomic mass is 35.5. The maximum atomic E-state index is 10.7. The molecule has 0 amide bonds. The van der Waals surface area contributed by atoms with Gasteiger partial charge in [0.1, 0.15) is 5.75 Å². The number of rotatable bonds is 12. The number of halogens is 1. The number of unbranched alkanes of at least 4 members (excludes halogenated alkanes) is 7. The summed E-state index contributed by atoms with van der Waals surface area (Å²) in [5, 5.41) is 0.586. The van der Waals surface area contributed by atoms with Crippen LogP contribution in [-0.4, -0.2) is 17.9 Å². The summed E-state index contributed by atoms with van der Waals surface area (Å²) >= 11 is 6.34. The van der Waals surface area contributed by atoms with E-state index in [1.165, 1.54) is 44.9 Å². The van der Waals surface area contributed by atoms with Gasteiger partial charge in [-0.1, -0.05) is 63.5 Å². The number of pyridine rings is 1. The topological polar surface area (TPSA) is 39.2 Å². The second-order valence-corrected chi connectivity index (χ2v) is 6.97. The van der Waals surface area contributed by atoms with E-state index >= 15 is 0 Å². The highest BCUT2D eigenvalue weighted by Gasteiger charge is 2.06. The summed E-state index contributed by atoms with van der Waals surface area (Å²) < 4.78 is 5.81. The van der Waals surface area contributed by atoms with Crippen LogP contribution in [0.15, 0.2) is 36.5 Å². The summed E-state index contributed by atoms with van der Waals surface area (Å²) in [7, 11) is 0. The Labute approximate surface area is 161 Å². The second kappa shape index (κ2) is 11.7. The van der Waals surface area contributed by atoms with Crippen molar-refractivity contribution in [2.45, 2.75) is 58.3 Å². The van der Waals surface area contributed by atoms with Gasteiger partial charge in [0.05, 0.1) is 17.3 Å². The smallest absolute Gasteiger partial charge is 0.151 e. The molecule has 0 saturated heterocycles. The predicted molar refractivity (Wildman–Crippen MR) is 108 cm³/mol. The van der Waals surface area contributed by atoms with Gasteiger partial charge in [-0.3, -0.25) is 9.78 Å². The van der Waals surface area contributed by atoms with Gasteiger partial charge >= 0.3 is 0 Å². The Kier molecular flexibility index (Phi) is 9.19. The van der Waals surface area contributed by atoms with E-state index in [2.05, 4.69) is 11.9 Å². The van der Waals surface area contributed by atoms with Gasteiger partial charge in [0, 0.05) is 17.3 Å². The lowest BCUT2D eigenvalue weighted by atomic mass is 10.1. The molecular formula is C22H28ClNO2. The number of aldehydes is 1. The fourth-order valence-electron chi connectivity index (χ4n) is 2.84. The average Bonchev–Trinajstić information content (AvgIpc) is 2.68. The molecular weight excluding hydrogens is 346 g/mol. The summed E-state index contributed by atoms with van der Waals surface area (Å²) in [6.45, 7) is 2.94. The number of carbonyl (C=O) groups excluding carboxylic acids is 1. The Morgan fingerprint density at radius 3 is 2.35 bits per heavy atom. The van der Waals surface area contributed by atoms with E-state index in [1.807, 2.05) is 24.3 Å². The fraction of sp³-hybridized carbons (Fsp3) is 0.455. The maximum absolute atomic E-state index is 10.7. The van der Waals surface area contributed by atoms with Crippen molar-refractivity contribution in [1.82, 2.24) is 4.98 Å². The molecule has 1 aromatic carbocycles. The minimum Gasteiger partial charge on any atom is -0.492 e. The zero-order valence-corrected chi connectivity index (χ0v) is 16.3. The first-order chi connectivity index (χ1) is 12.7. The number of nitrogens with zero attached hydrogens (tertiary/aromatic N) is 1. The largest absolute Gasteiger partial charge is 0.492 e. The van der Waals surface area contributed by atoms with Crippen LogP contribution in [0.25, 0.3) is 11.3 Å². The highest BCUT2D eigenvalue weighted by Crippen LogP contribution is 2.29. The Bertz CT molecular complexity index is 670. The molecule has 0 saturated carbocycles. The monoisotopic (exact) mass is 373 g/mol. The summed E-state index contributed by atoms with van der Waals surface area (Å²) in [6.07, 6.45) is 12.6. The van der Waals surface area contributed by atoms with Crippen LogP contribution in [0.2, 0.25) is 5.02 Å². The van der Waals surface area contributed by atoms with Gasteiger partial charge in [-0.15, -0.1) is 0 Å². The van der Waals surface area contributed by atoms with E-state index in [9.17, 15) is 4.79 Å². The normalized spacial score (nSPS) is 10.7. The van der Waals surface area contributed by atoms with Crippen LogP contribution >= 0.6 is 11.6 Å². The summed E-state index contributed by atoms with van der Waals surface area (Å²) in [5.41, 5.74) is 2.25. The van der Waals surface area contributed by atoms with Gasteiger partial charge in [-0.05, 0) is 36.8 Å². The Balaban J connectivity index is 1.74. The lowest BCUT2D eigenvalue weighted by Gasteiger charge is -2.09. The molecule has 1 aromatic heterocycles. The zero-order chi connectivity index (χ0) is 18.6. The van der Waals surface area contributed by atoms with E-state index in [0.29, 0.717) is 22.9 Å². The van der Waals surface area contributed by atoms with Crippen molar-refractivity contribution < 1.29 is 9.53 Å². The predicted octanol–water partition coefficient (Wildman–Crippen LogP) is 6.73. The van der Waals surface area contributed by atoms with Gasteiger partial charge in [0.25, 0.3) is 0 Å². The van der Waals surface area contributed by atoms with Crippen LogP contribution < -0.4 is 4.74 Å². The quantitative estimate of drug-likeness (QED) is 0.305. The number of carbonyl (C=O) groups is 1. The molecule has 0 spiro atoms. The molecule has 0 atom stereocenters. The maximum Gasteiger partial charge on any atom is 0.151 e. The van der Waals surface area contributed by atoms with E-state index < -0.39 is 0 Å². The summed E-state index contributed by atoms with van der Waals surface area (Å²) in [6, 6.07) is 9.25. The Hall–Kier alpha value is -1.87. The number of benzene rings is 1. The summed E-state index contributed by atoms with van der Waals surface area (Å²) in [5.74, 6) is 0.711. The van der Waals surface area contributed by atoms with Crippen molar-refractivity contribution in [2.75, 3.05) is 6.61 Å². The molecule has 0 unspecified atom stereocenters. The second-order valence-electron chi connectivity index (χ2n) is 6.56. The molecule has 2 aromatic rings. The Morgan fingerprint density at radius 1 is 1.00 bits per heavy atom. The molecule has 0 aliphatic rings. The lowest BCUT2D eigenvalue weighted by Crippen LogP contribution is -1.98. The minimum absolute atomic E-state index is 0.560. The van der Waals surface area contributed by atoms with E-state index in [0.717, 1.165) is 24.0 Å². The van der Waals surface area contributed by atoms with Gasteiger partial charge < -0.3 is 4.74 Å². The molecule has 1 heterocycles. The molecule has 0 aliphatic heterocycles. The van der Waals surface area contributed by atoms with Crippen molar-refractivity contribution in [2.24, 2.45) is 0 Å². The first-order valence-electron chi connectivity index (χ1n) is 9.58. The molecule has 26 heavy (non-hydrogen) atoms. The molecule has 0 aliphatic carbocycles. The van der Waals surface area contributed by atoms with Crippen molar-refractivity contribution in [3.05, 3.63) is 47.1 Å². The molecule has 3 nitrogen and oxygen atoms in total. The number of ether oxygens (including phenoxy) is 1. The van der Waals surface area contributed by atoms with Crippen molar-refractivity contribution in [3.63, 3.8) is 0 Å². The Morgan fingerprint density at radius 2 is 1.73 bits per heavy atom. The highest BCUT2D eigenvalue weighted by molar-refractivity contribution is 6.32. The average molecular weight is 374 g/mol. The first-order valence-corrected chi connectivity index (χ1v) is 9.96. The lowest BCUT2D eigenvalue weighted by molar-refractivity contribution is 0.112. The van der Waals surface area contributed by atoms with E-state index in [-0.39, 0.29) is 0 Å². The third-order valence-corrected chi connectivity index (χ3v) is 4.70. The van der Waals surface area contributed by atoms with Crippen LogP contribution in [0, 0.1) is 0 Å². The molecule has 0 fully saturated rings. The van der Waals surface area contributed by atoms with Crippen molar-refractivity contribution in [1.29, 1.82) is 0 Å². The molecule has 2 rings (SSSR count). The van der Waals surface area contributed by atoms with Gasteiger partial charge in [0.15, 0.2) is 6.29 Å². The van der Waals surface area contributed by atoms with E-state index in [1.54, 1.807) is 12.3 Å². The standard InChI is InChI=1S/C22H28ClNO2/c1-2-3-4-5-6-7-8-9-14-26-22-13-11-19(15-20(22)23)21-12-10-18(17-25)16-24-21/h10-13,15-17H,2-9,14H2,1H3. The van der Waals surface area contributed by atoms with E-state index in [4.69, 9.17) is 16.3 Å². The van der Waals surface area contributed by atoms with Gasteiger partial charge in [-0.2, -0.15) is 0 Å². The number of hydrogen-bond donors (Lipinski definition) is 0. The van der Waals surface area contributed by atoms with Gasteiger partial charge in [-0.25, -0.2) is 0 Å². The van der Waals surface area contributed by atoms with Crippen molar-refractivity contribution in [3.8, 4) is 17.0 Å². The molecule has 0 N–H and O–H groups in total. The third kappa shape index (κ3) is 6.80. The molecule has 4 heteroatoms. The van der Waals surface area contributed by atoms with Crippen LogP contribution in [0.4, 0.5) is 0 Å². The zero-order valence-electron chi connectivity index (χ0n) is 15.5. The SMILES string of the molecule is CCCCCCCCCCOc1ccc(-c2ccc(C=O)cn2)cc1Cl. The molecule has 140 valence electrons. The van der Waals surface area contributed by atoms with Crippen molar-refractivity contribution >= 4 is 17.9 Å². The van der Waals surface area contributed by atoms with Crippen LogP contribution in [-0.2, 0) is 0 Å². The van der Waals surface area contributed by atoms with Crippen LogP contribution in [0.3, 0.4) is 0 Å². The molecule has 0 bridgehead atoms. The van der Waals surface area contributed by atoms with Crippen LogP contribution in [0.1, 0.15) is 68.6 Å². The number of aromatic nitrogens is 1. The number of hydrogen-bond acceptors (Lipinski definition) is 3. The minimum atomic E-state index is 0.560. The first kappa shape index (κ1) is 20.4. The summed E-state index contributed by atoms with van der Waals surface area (Å²) in [4.78, 5) is 15.0. The third-order valence-electron chi connectivity index (χ3n) is 4.41. The van der Waals surface area contributed by atoms with Gasteiger partial charge in [0.2, 0.25) is 0 Å². The fourth-order valence-corrected chi connectivity index (χ4v) is 3.08.